The molecule has 0 aliphatic heterocycles. The van der Waals surface area contributed by atoms with Gasteiger partial charge in [0.25, 0.3) is 0 Å². The van der Waals surface area contributed by atoms with Crippen molar-refractivity contribution in [1.29, 1.82) is 0 Å². The highest BCUT2D eigenvalue weighted by Crippen LogP contribution is 1.77. The van der Waals surface area contributed by atoms with Crippen LogP contribution in [0.1, 0.15) is 0 Å². The summed E-state index contributed by atoms with van der Waals surface area (Å²) in [5, 5.41) is 10.3. The van der Waals surface area contributed by atoms with Gasteiger partial charge in [0.15, 0.2) is 0 Å². The minimum absolute atomic E-state index is 0.275. The highest BCUT2D eigenvalue weighted by Gasteiger charge is 1.92. The molecule has 1 amide bonds. The summed E-state index contributed by atoms with van der Waals surface area (Å²) < 4.78 is 9.92. The molecular formula is C8H13NO4. The molecular weight excluding hydrogens is 174 g/mol. The molecule has 5 heteroatoms. The molecule has 0 bridgehead atoms. The fraction of sp³-hybridized carbons (Fsp3) is 0.625. The Hall–Kier alpha value is -1.25. The first-order chi connectivity index (χ1) is 6.27. The van der Waals surface area contributed by atoms with E-state index in [1.807, 2.05) is 0 Å². The summed E-state index contributed by atoms with van der Waals surface area (Å²) in [7, 11) is 0. The molecule has 0 spiro atoms. The van der Waals surface area contributed by atoms with Gasteiger partial charge in [0.1, 0.15) is 6.61 Å². The smallest absolute Gasteiger partial charge is 0.404 e. The average molecular weight is 187 g/mol. The second-order valence-corrected chi connectivity index (χ2v) is 2.10. The first-order valence-electron chi connectivity index (χ1n) is 3.83. The van der Waals surface area contributed by atoms with E-state index in [0.717, 1.165) is 0 Å². The minimum atomic E-state index is -1.05. The standard InChI is InChI=1S/C8H13NO4/c1-2-4-12-6-7-13-5-3-9-8(10)11/h1,9H,3-7H2,(H,10,11). The molecule has 0 aliphatic carbocycles. The Morgan fingerprint density at radius 2 is 2.08 bits per heavy atom. The predicted molar refractivity (Wildman–Crippen MR) is 46.5 cm³/mol. The highest BCUT2D eigenvalue weighted by molar-refractivity contribution is 5.64. The third-order valence-corrected chi connectivity index (χ3v) is 1.08. The van der Waals surface area contributed by atoms with Crippen molar-refractivity contribution in [2.24, 2.45) is 0 Å². The fourth-order valence-corrected chi connectivity index (χ4v) is 0.581. The second kappa shape index (κ2) is 8.84. The lowest BCUT2D eigenvalue weighted by molar-refractivity contribution is 0.0613. The number of hydrogen-bond donors (Lipinski definition) is 2. The largest absolute Gasteiger partial charge is 0.465 e. The molecule has 0 fully saturated rings. The molecule has 0 radical (unpaired) electrons. The van der Waals surface area contributed by atoms with Crippen LogP contribution in [0.25, 0.3) is 0 Å². The van der Waals surface area contributed by atoms with Gasteiger partial charge in [-0.1, -0.05) is 5.92 Å². The van der Waals surface area contributed by atoms with Crippen LogP contribution in [0.15, 0.2) is 0 Å². The Labute approximate surface area is 77.0 Å². The lowest BCUT2D eigenvalue weighted by Gasteiger charge is -2.03. The van der Waals surface area contributed by atoms with Gasteiger partial charge in [-0.05, 0) is 0 Å². The van der Waals surface area contributed by atoms with Crippen molar-refractivity contribution in [3.8, 4) is 12.3 Å². The number of carboxylic acid groups (broad SMARTS) is 1. The molecule has 0 heterocycles. The quantitative estimate of drug-likeness (QED) is 0.432. The number of amides is 1. The Morgan fingerprint density at radius 3 is 2.69 bits per heavy atom. The predicted octanol–water partition coefficient (Wildman–Crippen LogP) is -0.0796. The molecule has 5 nitrogen and oxygen atoms in total. The summed E-state index contributed by atoms with van der Waals surface area (Å²) in [6.45, 7) is 1.74. The summed E-state index contributed by atoms with van der Waals surface area (Å²) in [6, 6.07) is 0. The topological polar surface area (TPSA) is 67.8 Å². The Kier molecular flexibility index (Phi) is 7.99. The van der Waals surface area contributed by atoms with Crippen molar-refractivity contribution in [2.75, 3.05) is 33.0 Å². The van der Waals surface area contributed by atoms with Crippen molar-refractivity contribution in [3.05, 3.63) is 0 Å². The third kappa shape index (κ3) is 10.8. The van der Waals surface area contributed by atoms with Crippen molar-refractivity contribution >= 4 is 6.09 Å². The SMILES string of the molecule is C#CCOCCOCCNC(=O)O. The van der Waals surface area contributed by atoms with Crippen LogP contribution in [0.5, 0.6) is 0 Å². The molecule has 2 N–H and O–H groups in total. The number of terminal acetylenes is 1. The zero-order valence-corrected chi connectivity index (χ0v) is 7.28. The molecule has 74 valence electrons. The maximum absolute atomic E-state index is 9.96. The maximum Gasteiger partial charge on any atom is 0.404 e. The van der Waals surface area contributed by atoms with E-state index < -0.39 is 6.09 Å². The van der Waals surface area contributed by atoms with E-state index in [1.165, 1.54) is 0 Å². The van der Waals surface area contributed by atoms with E-state index >= 15 is 0 Å². The molecule has 0 aromatic heterocycles. The molecule has 13 heavy (non-hydrogen) atoms. The Bertz CT molecular complexity index is 175. The minimum Gasteiger partial charge on any atom is -0.465 e. The number of carbonyl (C=O) groups is 1. The molecule has 0 aromatic rings. The van der Waals surface area contributed by atoms with Gasteiger partial charge >= 0.3 is 6.09 Å². The number of hydrogen-bond acceptors (Lipinski definition) is 3. The van der Waals surface area contributed by atoms with Crippen LogP contribution >= 0.6 is 0 Å². The van der Waals surface area contributed by atoms with Crippen LogP contribution < -0.4 is 5.32 Å². The van der Waals surface area contributed by atoms with Crippen molar-refractivity contribution in [3.63, 3.8) is 0 Å². The van der Waals surface area contributed by atoms with Gasteiger partial charge in [0.05, 0.1) is 19.8 Å². The maximum atomic E-state index is 9.96. The van der Waals surface area contributed by atoms with Crippen molar-refractivity contribution in [1.82, 2.24) is 5.32 Å². The lowest BCUT2D eigenvalue weighted by Crippen LogP contribution is -2.25. The zero-order valence-electron chi connectivity index (χ0n) is 7.28. The van der Waals surface area contributed by atoms with Crippen LogP contribution in [0.2, 0.25) is 0 Å². The van der Waals surface area contributed by atoms with Crippen LogP contribution in [-0.4, -0.2) is 44.2 Å². The molecule has 0 aromatic carbocycles. The third-order valence-electron chi connectivity index (χ3n) is 1.08. The van der Waals surface area contributed by atoms with Gasteiger partial charge in [-0.3, -0.25) is 0 Å². The molecule has 0 rings (SSSR count). The number of nitrogens with one attached hydrogen (secondary N) is 1. The van der Waals surface area contributed by atoms with Gasteiger partial charge in [0, 0.05) is 6.54 Å². The molecule has 0 aliphatic rings. The normalized spacial score (nSPS) is 9.15. The fourth-order valence-electron chi connectivity index (χ4n) is 0.581. The van der Waals surface area contributed by atoms with E-state index in [9.17, 15) is 4.79 Å². The summed E-state index contributed by atoms with van der Waals surface area (Å²) in [5.74, 6) is 2.32. The average Bonchev–Trinajstić information content (AvgIpc) is 2.09. The molecule has 0 unspecified atom stereocenters. The van der Waals surface area contributed by atoms with E-state index in [4.69, 9.17) is 21.0 Å². The summed E-state index contributed by atoms with van der Waals surface area (Å²) in [4.78, 5) is 9.96. The summed E-state index contributed by atoms with van der Waals surface area (Å²) in [6.07, 6.45) is 3.88. The zero-order chi connectivity index (χ0) is 9.94. The van der Waals surface area contributed by atoms with Gasteiger partial charge in [0.2, 0.25) is 0 Å². The highest BCUT2D eigenvalue weighted by atomic mass is 16.5. The van der Waals surface area contributed by atoms with Crippen molar-refractivity contribution < 1.29 is 19.4 Å². The first kappa shape index (κ1) is 11.8. The number of ether oxygens (including phenoxy) is 2. The van der Waals surface area contributed by atoms with Gasteiger partial charge in [-0.2, -0.15) is 0 Å². The Balaban J connectivity index is 2.92. The van der Waals surface area contributed by atoms with Crippen LogP contribution in [0.4, 0.5) is 4.79 Å². The number of rotatable bonds is 7. The van der Waals surface area contributed by atoms with Gasteiger partial charge in [-0.15, -0.1) is 6.42 Å². The van der Waals surface area contributed by atoms with Gasteiger partial charge in [-0.25, -0.2) is 4.79 Å². The second-order valence-electron chi connectivity index (χ2n) is 2.10. The van der Waals surface area contributed by atoms with Gasteiger partial charge < -0.3 is 19.9 Å². The van der Waals surface area contributed by atoms with E-state index in [0.29, 0.717) is 19.8 Å². The lowest BCUT2D eigenvalue weighted by atomic mass is 10.6. The van der Waals surface area contributed by atoms with Crippen LogP contribution in [-0.2, 0) is 9.47 Å². The monoisotopic (exact) mass is 187 g/mol. The van der Waals surface area contributed by atoms with Crippen LogP contribution in [0.3, 0.4) is 0 Å². The Morgan fingerprint density at radius 1 is 1.38 bits per heavy atom. The van der Waals surface area contributed by atoms with Crippen molar-refractivity contribution in [2.45, 2.75) is 0 Å². The summed E-state index contributed by atoms with van der Waals surface area (Å²) in [5.41, 5.74) is 0. The molecule has 0 saturated carbocycles. The van der Waals surface area contributed by atoms with E-state index in [2.05, 4.69) is 11.2 Å². The summed E-state index contributed by atoms with van der Waals surface area (Å²) >= 11 is 0. The first-order valence-corrected chi connectivity index (χ1v) is 3.83. The van der Waals surface area contributed by atoms with E-state index in [-0.39, 0.29) is 13.2 Å². The van der Waals surface area contributed by atoms with Crippen LogP contribution in [0, 0.1) is 12.3 Å². The molecule has 0 atom stereocenters. The molecule has 0 saturated heterocycles. The van der Waals surface area contributed by atoms with E-state index in [1.54, 1.807) is 0 Å².